The summed E-state index contributed by atoms with van der Waals surface area (Å²) in [5, 5.41) is 3.45. The van der Waals surface area contributed by atoms with Crippen molar-refractivity contribution in [3.63, 3.8) is 0 Å². The van der Waals surface area contributed by atoms with Crippen molar-refractivity contribution in [2.75, 3.05) is 13.1 Å². The summed E-state index contributed by atoms with van der Waals surface area (Å²) in [5.74, 6) is 1.93. The smallest absolute Gasteiger partial charge is 0.410 e. The molecule has 0 saturated carbocycles. The molecule has 6 heteroatoms. The van der Waals surface area contributed by atoms with Gasteiger partial charge in [-0.15, -0.1) is 0 Å². The monoisotopic (exact) mass is 323 g/mol. The molecule has 23 heavy (non-hydrogen) atoms. The quantitative estimate of drug-likeness (QED) is 0.922. The number of rotatable bonds is 4. The molecule has 1 aromatic rings. The summed E-state index contributed by atoms with van der Waals surface area (Å²) < 4.78 is 11.0. The lowest BCUT2D eigenvalue weighted by atomic mass is 9.92. The number of ether oxygens (including phenoxy) is 1. The van der Waals surface area contributed by atoms with Gasteiger partial charge in [-0.3, -0.25) is 0 Å². The van der Waals surface area contributed by atoms with E-state index in [1.807, 2.05) is 32.6 Å². The van der Waals surface area contributed by atoms with Gasteiger partial charge in [0, 0.05) is 19.1 Å². The van der Waals surface area contributed by atoms with Crippen molar-refractivity contribution in [1.82, 2.24) is 15.2 Å². The second kappa shape index (κ2) is 7.34. The lowest BCUT2D eigenvalue weighted by molar-refractivity contribution is 0.0147. The van der Waals surface area contributed by atoms with Crippen LogP contribution < -0.4 is 5.32 Å². The molecule has 1 fully saturated rings. The summed E-state index contributed by atoms with van der Waals surface area (Å²) in [6.45, 7) is 11.8. The van der Waals surface area contributed by atoms with E-state index in [1.165, 1.54) is 0 Å². The fourth-order valence-corrected chi connectivity index (χ4v) is 2.81. The van der Waals surface area contributed by atoms with Gasteiger partial charge in [-0.1, -0.05) is 0 Å². The molecule has 1 aliphatic rings. The first-order valence-corrected chi connectivity index (χ1v) is 8.37. The summed E-state index contributed by atoms with van der Waals surface area (Å²) in [6.07, 6.45) is 3.64. The summed E-state index contributed by atoms with van der Waals surface area (Å²) in [6, 6.07) is 0.285. The molecule has 1 aliphatic heterocycles. The van der Waals surface area contributed by atoms with Crippen LogP contribution in [-0.2, 0) is 11.3 Å². The number of piperidine rings is 1. The van der Waals surface area contributed by atoms with Crippen molar-refractivity contribution in [2.24, 2.45) is 5.92 Å². The zero-order valence-electron chi connectivity index (χ0n) is 14.9. The second-order valence-electron chi connectivity index (χ2n) is 7.36. The number of aryl methyl sites for hydroxylation is 1. The van der Waals surface area contributed by atoms with Gasteiger partial charge in [0.1, 0.15) is 11.4 Å². The van der Waals surface area contributed by atoms with Crippen LogP contribution in [0.2, 0.25) is 0 Å². The first-order chi connectivity index (χ1) is 10.7. The summed E-state index contributed by atoms with van der Waals surface area (Å²) in [4.78, 5) is 18.3. The molecule has 1 aromatic heterocycles. The normalized spacial score (nSPS) is 20.4. The molecule has 6 nitrogen and oxygen atoms in total. The molecule has 2 rings (SSSR count). The minimum Gasteiger partial charge on any atom is -0.445 e. The van der Waals surface area contributed by atoms with Crippen LogP contribution in [0.1, 0.15) is 52.2 Å². The molecule has 2 heterocycles. The molecule has 0 bridgehead atoms. The second-order valence-corrected chi connectivity index (χ2v) is 7.36. The maximum atomic E-state index is 12.2. The number of nitrogens with zero attached hydrogens (tertiary/aromatic N) is 2. The predicted molar refractivity (Wildman–Crippen MR) is 88.1 cm³/mol. The van der Waals surface area contributed by atoms with Crippen molar-refractivity contribution < 1.29 is 13.9 Å². The number of hydrogen-bond acceptors (Lipinski definition) is 5. The highest BCUT2D eigenvalue weighted by Gasteiger charge is 2.30. The van der Waals surface area contributed by atoms with Crippen LogP contribution in [-0.4, -0.2) is 40.7 Å². The molecule has 0 spiro atoms. The third-order valence-electron chi connectivity index (χ3n) is 4.06. The average Bonchev–Trinajstić information content (AvgIpc) is 2.89. The number of oxazole rings is 1. The van der Waals surface area contributed by atoms with Crippen molar-refractivity contribution in [1.29, 1.82) is 0 Å². The molecule has 1 saturated heterocycles. The van der Waals surface area contributed by atoms with E-state index in [-0.39, 0.29) is 12.1 Å². The van der Waals surface area contributed by atoms with E-state index in [9.17, 15) is 4.79 Å². The van der Waals surface area contributed by atoms with Crippen molar-refractivity contribution in [3.05, 3.63) is 17.8 Å². The standard InChI is InChI=1S/C17H29N3O3/c1-12-9-19-15(22-12)10-18-13(2)14-7-6-8-20(11-14)16(21)23-17(3,4)5/h9,13-14,18H,6-8,10-11H2,1-5H3. The number of amides is 1. The lowest BCUT2D eigenvalue weighted by Crippen LogP contribution is -2.47. The number of hydrogen-bond donors (Lipinski definition) is 1. The Morgan fingerprint density at radius 1 is 1.57 bits per heavy atom. The third-order valence-corrected chi connectivity index (χ3v) is 4.06. The van der Waals surface area contributed by atoms with Gasteiger partial charge < -0.3 is 19.4 Å². The predicted octanol–water partition coefficient (Wildman–Crippen LogP) is 3.11. The topological polar surface area (TPSA) is 67.6 Å². The van der Waals surface area contributed by atoms with Crippen molar-refractivity contribution in [2.45, 2.75) is 65.6 Å². The Kier molecular flexibility index (Phi) is 5.68. The summed E-state index contributed by atoms with van der Waals surface area (Å²) >= 11 is 0. The van der Waals surface area contributed by atoms with Crippen LogP contribution in [0.4, 0.5) is 4.79 Å². The minimum absolute atomic E-state index is 0.210. The highest BCUT2D eigenvalue weighted by Crippen LogP contribution is 2.22. The van der Waals surface area contributed by atoms with Gasteiger partial charge in [0.25, 0.3) is 0 Å². The number of aromatic nitrogens is 1. The SMILES string of the molecule is Cc1cnc(CNC(C)C2CCCN(C(=O)OC(C)(C)C)C2)o1. The lowest BCUT2D eigenvalue weighted by Gasteiger charge is -2.36. The van der Waals surface area contributed by atoms with Gasteiger partial charge in [-0.25, -0.2) is 9.78 Å². The minimum atomic E-state index is -0.448. The molecule has 1 N–H and O–H groups in total. The van der Waals surface area contributed by atoms with Gasteiger partial charge in [0.05, 0.1) is 12.7 Å². The molecule has 0 aliphatic carbocycles. The van der Waals surface area contributed by atoms with Crippen LogP contribution in [0.15, 0.2) is 10.6 Å². The zero-order valence-corrected chi connectivity index (χ0v) is 14.9. The first kappa shape index (κ1) is 17.8. The first-order valence-electron chi connectivity index (χ1n) is 8.37. The van der Waals surface area contributed by atoms with Gasteiger partial charge in [0.15, 0.2) is 0 Å². The third kappa shape index (κ3) is 5.53. The molecule has 1 amide bonds. The van der Waals surface area contributed by atoms with E-state index in [4.69, 9.17) is 9.15 Å². The fraction of sp³-hybridized carbons (Fsp3) is 0.765. The Morgan fingerprint density at radius 3 is 2.91 bits per heavy atom. The van der Waals surface area contributed by atoms with E-state index in [0.717, 1.165) is 31.7 Å². The van der Waals surface area contributed by atoms with Crippen LogP contribution in [0, 0.1) is 12.8 Å². The largest absolute Gasteiger partial charge is 0.445 e. The summed E-state index contributed by atoms with van der Waals surface area (Å²) in [5.41, 5.74) is -0.448. The van der Waals surface area contributed by atoms with Crippen molar-refractivity contribution >= 4 is 6.09 Å². The summed E-state index contributed by atoms with van der Waals surface area (Å²) in [7, 11) is 0. The Balaban J connectivity index is 1.83. The van der Waals surface area contributed by atoms with E-state index in [2.05, 4.69) is 17.2 Å². The highest BCUT2D eigenvalue weighted by atomic mass is 16.6. The van der Waals surface area contributed by atoms with E-state index in [1.54, 1.807) is 6.20 Å². The Hall–Kier alpha value is -1.56. The van der Waals surface area contributed by atoms with Gasteiger partial charge >= 0.3 is 6.09 Å². The van der Waals surface area contributed by atoms with Gasteiger partial charge in [-0.2, -0.15) is 0 Å². The van der Waals surface area contributed by atoms with Crippen LogP contribution >= 0.6 is 0 Å². The molecule has 0 radical (unpaired) electrons. The highest BCUT2D eigenvalue weighted by molar-refractivity contribution is 5.68. The Morgan fingerprint density at radius 2 is 2.30 bits per heavy atom. The maximum Gasteiger partial charge on any atom is 0.410 e. The number of likely N-dealkylation sites (tertiary alicyclic amines) is 1. The molecule has 2 atom stereocenters. The van der Waals surface area contributed by atoms with Crippen molar-refractivity contribution in [3.8, 4) is 0 Å². The average molecular weight is 323 g/mol. The Labute approximate surface area is 138 Å². The molecule has 0 aromatic carbocycles. The van der Waals surface area contributed by atoms with Crippen LogP contribution in [0.3, 0.4) is 0 Å². The fourth-order valence-electron chi connectivity index (χ4n) is 2.81. The number of carbonyl (C=O) groups is 1. The molecular formula is C17H29N3O3. The number of nitrogens with one attached hydrogen (secondary N) is 1. The van der Waals surface area contributed by atoms with Crippen LogP contribution in [0.25, 0.3) is 0 Å². The maximum absolute atomic E-state index is 12.2. The van der Waals surface area contributed by atoms with E-state index in [0.29, 0.717) is 18.4 Å². The van der Waals surface area contributed by atoms with Crippen LogP contribution in [0.5, 0.6) is 0 Å². The zero-order chi connectivity index (χ0) is 17.0. The molecular weight excluding hydrogens is 294 g/mol. The van der Waals surface area contributed by atoms with Gasteiger partial charge in [0.2, 0.25) is 5.89 Å². The van der Waals surface area contributed by atoms with E-state index >= 15 is 0 Å². The number of carbonyl (C=O) groups excluding carboxylic acids is 1. The van der Waals surface area contributed by atoms with Gasteiger partial charge in [-0.05, 0) is 53.4 Å². The Bertz CT molecular complexity index is 521. The molecule has 2 unspecified atom stereocenters. The molecule has 130 valence electrons. The van der Waals surface area contributed by atoms with E-state index < -0.39 is 5.60 Å².